The van der Waals surface area contributed by atoms with E-state index in [9.17, 15) is 4.79 Å². The lowest BCUT2D eigenvalue weighted by Gasteiger charge is -2.09. The molecule has 0 aliphatic heterocycles. The third-order valence-electron chi connectivity index (χ3n) is 3.97. The van der Waals surface area contributed by atoms with E-state index in [0.717, 1.165) is 32.7 Å². The lowest BCUT2D eigenvalue weighted by atomic mass is 10.1. The monoisotopic (exact) mass is 383 g/mol. The summed E-state index contributed by atoms with van der Waals surface area (Å²) < 4.78 is 2.77. The van der Waals surface area contributed by atoms with Crippen LogP contribution in [0.25, 0.3) is 5.69 Å². The van der Waals surface area contributed by atoms with Crippen LogP contribution in [-0.4, -0.2) is 15.7 Å². The molecule has 0 unspecified atom stereocenters. The second kappa shape index (κ2) is 6.61. The smallest absolute Gasteiger partial charge is 0.259 e. The molecule has 5 heteroatoms. The number of nitrogens with zero attached hydrogens (tertiary/aromatic N) is 2. The summed E-state index contributed by atoms with van der Waals surface area (Å²) >= 11 is 3.42. The van der Waals surface area contributed by atoms with Gasteiger partial charge in [0, 0.05) is 10.2 Å². The van der Waals surface area contributed by atoms with Crippen LogP contribution >= 0.6 is 15.9 Å². The molecule has 0 saturated carbocycles. The van der Waals surface area contributed by atoms with Crippen LogP contribution in [0.2, 0.25) is 0 Å². The Morgan fingerprint density at radius 2 is 1.79 bits per heavy atom. The van der Waals surface area contributed by atoms with Crippen LogP contribution in [0.15, 0.2) is 53.1 Å². The second-order valence-electron chi connectivity index (χ2n) is 5.80. The van der Waals surface area contributed by atoms with Crippen molar-refractivity contribution in [2.45, 2.75) is 20.8 Å². The van der Waals surface area contributed by atoms with Crippen molar-refractivity contribution in [3.05, 3.63) is 75.5 Å². The zero-order valence-corrected chi connectivity index (χ0v) is 15.4. The molecule has 1 N–H and O–H groups in total. The number of carbonyl (C=O) groups excluding carboxylic acids is 1. The largest absolute Gasteiger partial charge is 0.322 e. The van der Waals surface area contributed by atoms with Crippen LogP contribution < -0.4 is 5.32 Å². The van der Waals surface area contributed by atoms with E-state index in [1.807, 2.05) is 63.2 Å². The van der Waals surface area contributed by atoms with Gasteiger partial charge >= 0.3 is 0 Å². The predicted octanol–water partition coefficient (Wildman–Crippen LogP) is 4.81. The topological polar surface area (TPSA) is 46.9 Å². The molecule has 0 fully saturated rings. The molecule has 0 saturated heterocycles. The third kappa shape index (κ3) is 3.26. The highest BCUT2D eigenvalue weighted by atomic mass is 79.9. The van der Waals surface area contributed by atoms with Crippen molar-refractivity contribution < 1.29 is 4.79 Å². The van der Waals surface area contributed by atoms with E-state index in [-0.39, 0.29) is 5.91 Å². The van der Waals surface area contributed by atoms with E-state index in [2.05, 4.69) is 26.3 Å². The van der Waals surface area contributed by atoms with E-state index < -0.39 is 0 Å². The van der Waals surface area contributed by atoms with Crippen molar-refractivity contribution in [2.75, 3.05) is 5.32 Å². The molecule has 0 spiro atoms. The fourth-order valence-electron chi connectivity index (χ4n) is 2.54. The standard InChI is InChI=1S/C19H18BrN3O/c1-12-4-5-13(2)18(10-12)22-19(24)17-11-21-23(14(17)3)16-8-6-15(20)7-9-16/h4-11H,1-3H3,(H,22,24). The number of hydrogen-bond acceptors (Lipinski definition) is 2. The van der Waals surface area contributed by atoms with Crippen LogP contribution in [0.3, 0.4) is 0 Å². The first-order chi connectivity index (χ1) is 11.5. The molecular formula is C19H18BrN3O. The van der Waals surface area contributed by atoms with Gasteiger partial charge in [0.05, 0.1) is 23.1 Å². The lowest BCUT2D eigenvalue weighted by Crippen LogP contribution is -2.14. The maximum atomic E-state index is 12.6. The number of aryl methyl sites for hydroxylation is 2. The predicted molar refractivity (Wildman–Crippen MR) is 99.9 cm³/mol. The fraction of sp³-hybridized carbons (Fsp3) is 0.158. The molecule has 24 heavy (non-hydrogen) atoms. The Labute approximate surface area is 149 Å². The van der Waals surface area contributed by atoms with E-state index in [0.29, 0.717) is 5.56 Å². The summed E-state index contributed by atoms with van der Waals surface area (Å²) in [5.41, 5.74) is 5.27. The molecule has 3 aromatic rings. The second-order valence-corrected chi connectivity index (χ2v) is 6.72. The molecule has 0 aliphatic carbocycles. The average molecular weight is 384 g/mol. The summed E-state index contributed by atoms with van der Waals surface area (Å²) in [6.45, 7) is 5.88. The number of amides is 1. The Morgan fingerprint density at radius 1 is 1.08 bits per heavy atom. The summed E-state index contributed by atoms with van der Waals surface area (Å²) in [7, 11) is 0. The Bertz CT molecular complexity index is 897. The number of aromatic nitrogens is 2. The summed E-state index contributed by atoms with van der Waals surface area (Å²) in [4.78, 5) is 12.6. The zero-order valence-electron chi connectivity index (χ0n) is 13.8. The van der Waals surface area contributed by atoms with Gasteiger partial charge in [0.25, 0.3) is 5.91 Å². The van der Waals surface area contributed by atoms with Gasteiger partial charge in [-0.1, -0.05) is 28.1 Å². The number of hydrogen-bond donors (Lipinski definition) is 1. The number of nitrogens with one attached hydrogen (secondary N) is 1. The molecule has 1 aromatic heterocycles. The highest BCUT2D eigenvalue weighted by Crippen LogP contribution is 2.20. The van der Waals surface area contributed by atoms with Gasteiger partial charge in [0.2, 0.25) is 0 Å². The molecule has 2 aromatic carbocycles. The number of rotatable bonds is 3. The maximum absolute atomic E-state index is 12.6. The summed E-state index contributed by atoms with van der Waals surface area (Å²) in [6.07, 6.45) is 1.61. The minimum atomic E-state index is -0.149. The number of benzene rings is 2. The first-order valence-corrected chi connectivity index (χ1v) is 8.44. The van der Waals surface area contributed by atoms with Crippen molar-refractivity contribution in [2.24, 2.45) is 0 Å². The number of carbonyl (C=O) groups is 1. The van der Waals surface area contributed by atoms with Gasteiger partial charge in [-0.3, -0.25) is 4.79 Å². The SMILES string of the molecule is Cc1ccc(C)c(NC(=O)c2cnn(-c3ccc(Br)cc3)c2C)c1. The van der Waals surface area contributed by atoms with Gasteiger partial charge in [0.15, 0.2) is 0 Å². The first kappa shape index (κ1) is 16.5. The maximum Gasteiger partial charge on any atom is 0.259 e. The van der Waals surface area contributed by atoms with E-state index in [4.69, 9.17) is 0 Å². The Balaban J connectivity index is 1.89. The highest BCUT2D eigenvalue weighted by Gasteiger charge is 2.16. The Hall–Kier alpha value is -2.40. The minimum absolute atomic E-state index is 0.149. The van der Waals surface area contributed by atoms with Gasteiger partial charge < -0.3 is 5.32 Å². The molecule has 1 amide bonds. The molecule has 3 rings (SSSR count). The van der Waals surface area contributed by atoms with Gasteiger partial charge in [-0.15, -0.1) is 0 Å². The molecule has 1 heterocycles. The number of anilines is 1. The first-order valence-electron chi connectivity index (χ1n) is 7.65. The van der Waals surface area contributed by atoms with Gasteiger partial charge in [-0.05, 0) is 62.2 Å². The van der Waals surface area contributed by atoms with Crippen molar-refractivity contribution in [3.63, 3.8) is 0 Å². The molecule has 4 nitrogen and oxygen atoms in total. The fourth-order valence-corrected chi connectivity index (χ4v) is 2.80. The molecular weight excluding hydrogens is 366 g/mol. The van der Waals surface area contributed by atoms with E-state index >= 15 is 0 Å². The molecule has 0 bridgehead atoms. The summed E-state index contributed by atoms with van der Waals surface area (Å²) in [6, 6.07) is 13.8. The highest BCUT2D eigenvalue weighted by molar-refractivity contribution is 9.10. The summed E-state index contributed by atoms with van der Waals surface area (Å²) in [5, 5.41) is 7.34. The normalized spacial score (nSPS) is 10.7. The average Bonchev–Trinajstić information content (AvgIpc) is 2.93. The Morgan fingerprint density at radius 3 is 2.50 bits per heavy atom. The van der Waals surface area contributed by atoms with Crippen LogP contribution in [0.1, 0.15) is 27.2 Å². The zero-order chi connectivity index (χ0) is 17.3. The van der Waals surface area contributed by atoms with E-state index in [1.54, 1.807) is 10.9 Å². The quantitative estimate of drug-likeness (QED) is 0.704. The van der Waals surface area contributed by atoms with Gasteiger partial charge in [-0.2, -0.15) is 5.10 Å². The third-order valence-corrected chi connectivity index (χ3v) is 4.50. The van der Waals surface area contributed by atoms with Crippen molar-refractivity contribution in [3.8, 4) is 5.69 Å². The lowest BCUT2D eigenvalue weighted by molar-refractivity contribution is 0.102. The minimum Gasteiger partial charge on any atom is -0.322 e. The van der Waals surface area contributed by atoms with Crippen LogP contribution in [0.5, 0.6) is 0 Å². The molecule has 0 aliphatic rings. The van der Waals surface area contributed by atoms with Crippen LogP contribution in [0, 0.1) is 20.8 Å². The molecule has 0 radical (unpaired) electrons. The van der Waals surface area contributed by atoms with E-state index in [1.165, 1.54) is 0 Å². The van der Waals surface area contributed by atoms with Gasteiger partial charge in [0.1, 0.15) is 0 Å². The van der Waals surface area contributed by atoms with Crippen LogP contribution in [0.4, 0.5) is 5.69 Å². The molecule has 0 atom stereocenters. The molecule has 122 valence electrons. The number of halogens is 1. The van der Waals surface area contributed by atoms with Crippen molar-refractivity contribution in [1.82, 2.24) is 9.78 Å². The van der Waals surface area contributed by atoms with Crippen molar-refractivity contribution >= 4 is 27.5 Å². The van der Waals surface area contributed by atoms with Crippen molar-refractivity contribution in [1.29, 1.82) is 0 Å². The van der Waals surface area contributed by atoms with Gasteiger partial charge in [-0.25, -0.2) is 4.68 Å². The Kier molecular flexibility index (Phi) is 4.53. The summed E-state index contributed by atoms with van der Waals surface area (Å²) in [5.74, 6) is -0.149. The van der Waals surface area contributed by atoms with Crippen LogP contribution in [-0.2, 0) is 0 Å².